The summed E-state index contributed by atoms with van der Waals surface area (Å²) in [7, 11) is 0. The highest BCUT2D eigenvalue weighted by molar-refractivity contribution is 6.02. The minimum absolute atomic E-state index is 0.0615. The van der Waals surface area contributed by atoms with Gasteiger partial charge >= 0.3 is 0 Å². The van der Waals surface area contributed by atoms with Crippen molar-refractivity contribution in [1.82, 2.24) is 0 Å². The van der Waals surface area contributed by atoms with Gasteiger partial charge < -0.3 is 21.7 Å². The monoisotopic (exact) mass is 392 g/mol. The molecule has 1 atom stereocenters. The van der Waals surface area contributed by atoms with E-state index in [9.17, 15) is 4.79 Å². The van der Waals surface area contributed by atoms with Gasteiger partial charge in [0.1, 0.15) is 0 Å². The van der Waals surface area contributed by atoms with E-state index in [2.05, 4.69) is 48.9 Å². The first-order valence-electron chi connectivity index (χ1n) is 10.6. The summed E-state index contributed by atoms with van der Waals surface area (Å²) in [4.78, 5) is 13.2. The van der Waals surface area contributed by atoms with Gasteiger partial charge in [-0.25, -0.2) is 0 Å². The van der Waals surface area contributed by atoms with Gasteiger partial charge in [-0.1, -0.05) is 26.8 Å². The molecule has 154 valence electrons. The van der Waals surface area contributed by atoms with Gasteiger partial charge in [0.15, 0.2) is 0 Å². The van der Waals surface area contributed by atoms with E-state index in [1.54, 1.807) is 0 Å². The summed E-state index contributed by atoms with van der Waals surface area (Å²) in [6, 6.07) is 12.6. The number of nitrogens with one attached hydrogen (secondary N) is 3. The molecule has 1 heterocycles. The van der Waals surface area contributed by atoms with Crippen molar-refractivity contribution in [1.29, 1.82) is 0 Å². The lowest BCUT2D eigenvalue weighted by Crippen LogP contribution is -2.31. The summed E-state index contributed by atoms with van der Waals surface area (Å²) >= 11 is 0. The average molecular weight is 393 g/mol. The van der Waals surface area contributed by atoms with Crippen molar-refractivity contribution in [2.45, 2.75) is 58.4 Å². The molecular weight excluding hydrogens is 360 g/mol. The van der Waals surface area contributed by atoms with Crippen molar-refractivity contribution in [3.63, 3.8) is 0 Å². The van der Waals surface area contributed by atoms with Crippen LogP contribution in [0.4, 0.5) is 22.7 Å². The molecule has 1 aliphatic heterocycles. The summed E-state index contributed by atoms with van der Waals surface area (Å²) in [5, 5.41) is 10.0. The van der Waals surface area contributed by atoms with E-state index in [1.165, 1.54) is 11.3 Å². The molecule has 0 radical (unpaired) electrons. The molecule has 0 spiro atoms. The lowest BCUT2D eigenvalue weighted by molar-refractivity contribution is -0.118. The highest BCUT2D eigenvalue weighted by Crippen LogP contribution is 2.50. The van der Waals surface area contributed by atoms with Crippen molar-refractivity contribution in [3.05, 3.63) is 47.5 Å². The van der Waals surface area contributed by atoms with E-state index in [0.717, 1.165) is 42.7 Å². The van der Waals surface area contributed by atoms with E-state index < -0.39 is 5.41 Å². The second kappa shape index (κ2) is 6.97. The Labute approximate surface area is 173 Å². The summed E-state index contributed by atoms with van der Waals surface area (Å²) < 4.78 is 0. The van der Waals surface area contributed by atoms with Crippen LogP contribution in [0.15, 0.2) is 36.4 Å². The van der Waals surface area contributed by atoms with Gasteiger partial charge in [0.25, 0.3) is 0 Å². The first kappa shape index (κ1) is 19.6. The quantitative estimate of drug-likeness (QED) is 0.554. The topological polar surface area (TPSA) is 79.2 Å². The number of anilines is 4. The molecule has 2 aliphatic rings. The van der Waals surface area contributed by atoms with E-state index in [0.29, 0.717) is 11.7 Å². The second-order valence-electron chi connectivity index (χ2n) is 9.51. The largest absolute Gasteiger partial charge is 0.397 e. The smallest absolute Gasteiger partial charge is 0.235 e. The molecule has 2 aromatic rings. The minimum Gasteiger partial charge on any atom is -0.397 e. The van der Waals surface area contributed by atoms with Crippen LogP contribution < -0.4 is 21.7 Å². The first-order chi connectivity index (χ1) is 13.7. The number of nitrogens with two attached hydrogens (primary N) is 1. The highest BCUT2D eigenvalue weighted by atomic mass is 16.2. The molecule has 0 bridgehead atoms. The van der Waals surface area contributed by atoms with Crippen LogP contribution in [0.5, 0.6) is 0 Å². The lowest BCUT2D eigenvalue weighted by atomic mass is 9.85. The predicted molar refractivity (Wildman–Crippen MR) is 122 cm³/mol. The summed E-state index contributed by atoms with van der Waals surface area (Å²) in [5.74, 6) is 0.0615. The lowest BCUT2D eigenvalue weighted by Gasteiger charge is -2.27. The minimum atomic E-state index is -0.454. The summed E-state index contributed by atoms with van der Waals surface area (Å²) in [5.41, 5.74) is 11.9. The van der Waals surface area contributed by atoms with Crippen LogP contribution >= 0.6 is 0 Å². The zero-order valence-electron chi connectivity index (χ0n) is 17.9. The zero-order valence-corrected chi connectivity index (χ0v) is 17.9. The molecule has 0 saturated heterocycles. The van der Waals surface area contributed by atoms with Crippen molar-refractivity contribution < 1.29 is 4.79 Å². The van der Waals surface area contributed by atoms with E-state index in [-0.39, 0.29) is 11.3 Å². The Bertz CT molecular complexity index is 940. The maximum absolute atomic E-state index is 13.2. The maximum atomic E-state index is 13.2. The van der Waals surface area contributed by atoms with Crippen molar-refractivity contribution in [3.8, 4) is 0 Å². The molecule has 29 heavy (non-hydrogen) atoms. The zero-order chi connectivity index (χ0) is 20.8. The average Bonchev–Trinajstić information content (AvgIpc) is 3.35. The fourth-order valence-corrected chi connectivity index (χ4v) is 4.20. The van der Waals surface area contributed by atoms with Gasteiger partial charge in [-0.3, -0.25) is 4.79 Å². The normalized spacial score (nSPS) is 19.2. The van der Waals surface area contributed by atoms with Crippen molar-refractivity contribution in [2.75, 3.05) is 28.2 Å². The Morgan fingerprint density at radius 2 is 1.97 bits per heavy atom. The van der Waals surface area contributed by atoms with E-state index >= 15 is 0 Å². The molecule has 1 saturated carbocycles. The van der Waals surface area contributed by atoms with Gasteiger partial charge in [0, 0.05) is 24.0 Å². The van der Waals surface area contributed by atoms with Crippen LogP contribution in [0, 0.1) is 5.41 Å². The van der Waals surface area contributed by atoms with Crippen LogP contribution in [0.25, 0.3) is 0 Å². The molecule has 5 nitrogen and oxygen atoms in total. The Morgan fingerprint density at radius 3 is 2.59 bits per heavy atom. The van der Waals surface area contributed by atoms with Crippen LogP contribution in [-0.4, -0.2) is 18.5 Å². The number of hydrogen-bond acceptors (Lipinski definition) is 4. The molecule has 5 N–H and O–H groups in total. The molecule has 2 aromatic carbocycles. The SMILES string of the molecule is CCNc1ccc(C2(C(=O)Nc3ccc4c(c3)CC(C(C)(C)C)N4)CC2)cc1N. The standard InChI is InChI=1S/C24H32N4O/c1-5-26-20-8-6-16(14-18(20)25)24(10-11-24)22(29)27-17-7-9-19-15(12-17)13-21(28-19)23(2,3)4/h6-9,12,14,21,26,28H,5,10-11,13,25H2,1-4H3,(H,27,29). The van der Waals surface area contributed by atoms with E-state index in [4.69, 9.17) is 5.73 Å². The fourth-order valence-electron chi connectivity index (χ4n) is 4.20. The van der Waals surface area contributed by atoms with Gasteiger partial charge in [-0.05, 0) is 73.1 Å². The molecule has 1 fully saturated rings. The van der Waals surface area contributed by atoms with Crippen LogP contribution in [0.3, 0.4) is 0 Å². The highest BCUT2D eigenvalue weighted by Gasteiger charge is 2.51. The molecule has 5 heteroatoms. The van der Waals surface area contributed by atoms with Crippen LogP contribution in [0.1, 0.15) is 51.7 Å². The Morgan fingerprint density at radius 1 is 1.21 bits per heavy atom. The van der Waals surface area contributed by atoms with Gasteiger partial charge in [-0.15, -0.1) is 0 Å². The molecule has 0 aromatic heterocycles. The number of carbonyl (C=O) groups is 1. The number of benzene rings is 2. The number of hydrogen-bond donors (Lipinski definition) is 4. The molecule has 4 rings (SSSR count). The van der Waals surface area contributed by atoms with Crippen LogP contribution in [-0.2, 0) is 16.6 Å². The third-order valence-corrected chi connectivity index (χ3v) is 6.32. The number of amides is 1. The van der Waals surface area contributed by atoms with Gasteiger partial charge in [0.2, 0.25) is 5.91 Å². The number of rotatable bonds is 5. The maximum Gasteiger partial charge on any atom is 0.235 e. The first-order valence-corrected chi connectivity index (χ1v) is 10.6. The third-order valence-electron chi connectivity index (χ3n) is 6.32. The molecular formula is C24H32N4O. The van der Waals surface area contributed by atoms with Crippen molar-refractivity contribution >= 4 is 28.7 Å². The van der Waals surface area contributed by atoms with E-state index in [1.807, 2.05) is 31.2 Å². The molecule has 1 aliphatic carbocycles. The predicted octanol–water partition coefficient (Wildman–Crippen LogP) is 4.75. The summed E-state index contributed by atoms with van der Waals surface area (Å²) in [6.45, 7) is 9.62. The Kier molecular flexibility index (Phi) is 4.72. The van der Waals surface area contributed by atoms with Crippen molar-refractivity contribution in [2.24, 2.45) is 5.41 Å². The summed E-state index contributed by atoms with van der Waals surface area (Å²) in [6.07, 6.45) is 2.70. The molecule has 1 unspecified atom stereocenters. The van der Waals surface area contributed by atoms with Gasteiger partial charge in [0.05, 0.1) is 16.8 Å². The number of carbonyl (C=O) groups excluding carboxylic acids is 1. The Balaban J connectivity index is 1.50. The number of nitrogen functional groups attached to an aromatic ring is 1. The third kappa shape index (κ3) is 3.66. The molecule has 1 amide bonds. The van der Waals surface area contributed by atoms with Gasteiger partial charge in [-0.2, -0.15) is 0 Å². The fraction of sp³-hybridized carbons (Fsp3) is 0.458. The number of fused-ring (bicyclic) bond motifs is 1. The second-order valence-corrected chi connectivity index (χ2v) is 9.51. The van der Waals surface area contributed by atoms with Crippen LogP contribution in [0.2, 0.25) is 0 Å². The Hall–Kier alpha value is -2.69.